The minimum Gasteiger partial charge on any atom is -0.358 e. The van der Waals surface area contributed by atoms with Crippen LogP contribution in [-0.2, 0) is 6.42 Å². The molecule has 1 aromatic rings. The largest absolute Gasteiger partial charge is 0.358 e. The van der Waals surface area contributed by atoms with Crippen LogP contribution in [0.1, 0.15) is 18.9 Å². The van der Waals surface area contributed by atoms with E-state index >= 15 is 0 Å². The molecule has 0 unspecified atom stereocenters. The molecule has 0 bridgehead atoms. The normalized spacial score (nSPS) is 10.8. The summed E-state index contributed by atoms with van der Waals surface area (Å²) in [5.41, 5.74) is 5.16. The van der Waals surface area contributed by atoms with Crippen LogP contribution < -0.4 is 10.7 Å². The third-order valence-electron chi connectivity index (χ3n) is 2.37. The molecule has 1 rings (SSSR count). The Bertz CT molecular complexity index is 412. The minimum absolute atomic E-state index is 0.522. The van der Waals surface area contributed by atoms with E-state index in [0.29, 0.717) is 11.7 Å². The van der Waals surface area contributed by atoms with Crippen molar-refractivity contribution in [2.45, 2.75) is 19.8 Å². The van der Waals surface area contributed by atoms with Gasteiger partial charge in [-0.3, -0.25) is 5.43 Å². The molecule has 1 aromatic carbocycles. The van der Waals surface area contributed by atoms with Crippen molar-refractivity contribution in [2.24, 2.45) is 5.10 Å². The number of hydrogen-bond acceptors (Lipinski definition) is 2. The summed E-state index contributed by atoms with van der Waals surface area (Å²) < 4.78 is 0. The lowest BCUT2D eigenvalue weighted by atomic mass is 10.1. The highest BCUT2D eigenvalue weighted by atomic mass is 32.1. The molecule has 0 aliphatic carbocycles. The highest BCUT2D eigenvalue weighted by Gasteiger charge is 1.96. The molecule has 18 heavy (non-hydrogen) atoms. The summed E-state index contributed by atoms with van der Waals surface area (Å²) in [5, 5.41) is 7.70. The van der Waals surface area contributed by atoms with Gasteiger partial charge in [0.25, 0.3) is 0 Å². The zero-order chi connectivity index (χ0) is 13.2. The third-order valence-corrected chi connectivity index (χ3v) is 2.61. The van der Waals surface area contributed by atoms with E-state index < -0.39 is 0 Å². The summed E-state index contributed by atoms with van der Waals surface area (Å²) in [6.45, 7) is 6.24. The number of nitrogens with one attached hydrogen (secondary N) is 2. The van der Waals surface area contributed by atoms with E-state index in [4.69, 9.17) is 12.2 Å². The smallest absolute Gasteiger partial charge is 0.187 e. The Kier molecular flexibility index (Phi) is 6.72. The highest BCUT2D eigenvalue weighted by molar-refractivity contribution is 7.80. The molecule has 96 valence electrons. The molecule has 0 atom stereocenters. The Hall–Kier alpha value is -1.68. The molecule has 0 amide bonds. The number of benzene rings is 1. The van der Waals surface area contributed by atoms with Crippen molar-refractivity contribution in [3.63, 3.8) is 0 Å². The van der Waals surface area contributed by atoms with Gasteiger partial charge < -0.3 is 5.32 Å². The fourth-order valence-electron chi connectivity index (χ4n) is 1.38. The van der Waals surface area contributed by atoms with Gasteiger partial charge in [0, 0.05) is 12.3 Å². The maximum absolute atomic E-state index is 5.04. The second-order valence-electron chi connectivity index (χ2n) is 3.94. The van der Waals surface area contributed by atoms with Crippen LogP contribution in [-0.4, -0.2) is 17.4 Å². The summed E-state index contributed by atoms with van der Waals surface area (Å²) in [6.07, 6.45) is 3.66. The van der Waals surface area contributed by atoms with Crippen molar-refractivity contribution in [1.29, 1.82) is 0 Å². The Labute approximate surface area is 114 Å². The lowest BCUT2D eigenvalue weighted by Gasteiger charge is -2.06. The van der Waals surface area contributed by atoms with Crippen molar-refractivity contribution in [3.8, 4) is 0 Å². The van der Waals surface area contributed by atoms with Gasteiger partial charge in [0.1, 0.15) is 0 Å². The second kappa shape index (κ2) is 8.42. The molecule has 0 saturated heterocycles. The van der Waals surface area contributed by atoms with Crippen LogP contribution >= 0.6 is 12.2 Å². The number of thiocarbonyl (C=S) groups is 1. The van der Waals surface area contributed by atoms with E-state index in [1.54, 1.807) is 6.08 Å². The maximum atomic E-state index is 5.04. The fraction of sp³-hybridized carbons (Fsp3) is 0.286. The van der Waals surface area contributed by atoms with Crippen LogP contribution in [0.5, 0.6) is 0 Å². The lowest BCUT2D eigenvalue weighted by Crippen LogP contribution is -2.32. The van der Waals surface area contributed by atoms with Gasteiger partial charge in [-0.1, -0.05) is 36.4 Å². The highest BCUT2D eigenvalue weighted by Crippen LogP contribution is 2.02. The summed E-state index contributed by atoms with van der Waals surface area (Å²) in [6, 6.07) is 10.4. The first-order valence-corrected chi connectivity index (χ1v) is 6.35. The van der Waals surface area contributed by atoms with Crippen molar-refractivity contribution in [3.05, 3.63) is 48.6 Å². The van der Waals surface area contributed by atoms with Crippen molar-refractivity contribution >= 4 is 23.0 Å². The van der Waals surface area contributed by atoms with Gasteiger partial charge in [-0.15, -0.1) is 6.58 Å². The topological polar surface area (TPSA) is 36.4 Å². The Morgan fingerprint density at radius 1 is 1.39 bits per heavy atom. The van der Waals surface area contributed by atoms with Crippen LogP contribution in [0.4, 0.5) is 0 Å². The zero-order valence-electron chi connectivity index (χ0n) is 10.6. The molecule has 0 heterocycles. The Morgan fingerprint density at radius 3 is 2.78 bits per heavy atom. The molecule has 4 heteroatoms. The zero-order valence-corrected chi connectivity index (χ0v) is 11.5. The van der Waals surface area contributed by atoms with Gasteiger partial charge in [-0.05, 0) is 37.5 Å². The molecular formula is C14H19N3S. The van der Waals surface area contributed by atoms with E-state index in [-0.39, 0.29) is 0 Å². The van der Waals surface area contributed by atoms with Gasteiger partial charge in [0.15, 0.2) is 5.11 Å². The molecular weight excluding hydrogens is 242 g/mol. The third kappa shape index (κ3) is 6.15. The van der Waals surface area contributed by atoms with E-state index in [1.165, 1.54) is 5.56 Å². The molecule has 0 spiro atoms. The van der Waals surface area contributed by atoms with Crippen LogP contribution in [0.2, 0.25) is 0 Å². The summed E-state index contributed by atoms with van der Waals surface area (Å²) in [5.74, 6) is 0. The first-order chi connectivity index (χ1) is 8.72. The maximum Gasteiger partial charge on any atom is 0.187 e. The summed E-state index contributed by atoms with van der Waals surface area (Å²) in [4.78, 5) is 0. The average molecular weight is 261 g/mol. The van der Waals surface area contributed by atoms with Crippen molar-refractivity contribution < 1.29 is 0 Å². The van der Waals surface area contributed by atoms with Gasteiger partial charge in [0.2, 0.25) is 0 Å². The van der Waals surface area contributed by atoms with Gasteiger partial charge in [-0.2, -0.15) is 5.10 Å². The van der Waals surface area contributed by atoms with E-state index in [0.717, 1.165) is 18.6 Å². The van der Waals surface area contributed by atoms with Crippen molar-refractivity contribution in [2.75, 3.05) is 6.54 Å². The van der Waals surface area contributed by atoms with Gasteiger partial charge in [0.05, 0.1) is 0 Å². The van der Waals surface area contributed by atoms with Crippen LogP contribution in [0.3, 0.4) is 0 Å². The quantitative estimate of drug-likeness (QED) is 0.358. The predicted molar refractivity (Wildman–Crippen MR) is 81.8 cm³/mol. The molecule has 0 aliphatic rings. The minimum atomic E-state index is 0.522. The van der Waals surface area contributed by atoms with Crippen LogP contribution in [0, 0.1) is 0 Å². The first kappa shape index (κ1) is 14.4. The molecule has 0 saturated carbocycles. The average Bonchev–Trinajstić information content (AvgIpc) is 2.41. The number of rotatable bonds is 6. The van der Waals surface area contributed by atoms with Gasteiger partial charge >= 0.3 is 0 Å². The first-order valence-electron chi connectivity index (χ1n) is 5.94. The Balaban J connectivity index is 2.29. The molecule has 0 radical (unpaired) electrons. The number of hydrazone groups is 1. The fourth-order valence-corrected chi connectivity index (χ4v) is 1.51. The predicted octanol–water partition coefficient (Wildman–Crippen LogP) is 2.65. The monoisotopic (exact) mass is 261 g/mol. The second-order valence-corrected chi connectivity index (χ2v) is 4.35. The standard InChI is InChI=1S/C14H19N3S/c1-3-11-15-14(18)17-16-12(2)9-10-13-7-5-4-6-8-13/h3-8H,1,9-11H2,2H3,(H2,15,17,18)/b16-12-. The number of nitrogens with zero attached hydrogens (tertiary/aromatic N) is 1. The van der Waals surface area contributed by atoms with Gasteiger partial charge in [-0.25, -0.2) is 0 Å². The number of hydrogen-bond donors (Lipinski definition) is 2. The molecule has 3 nitrogen and oxygen atoms in total. The van der Waals surface area contributed by atoms with E-state index in [1.807, 2.05) is 25.1 Å². The molecule has 0 fully saturated rings. The van der Waals surface area contributed by atoms with Crippen LogP contribution in [0.25, 0.3) is 0 Å². The van der Waals surface area contributed by atoms with Crippen molar-refractivity contribution in [1.82, 2.24) is 10.7 Å². The molecule has 0 aromatic heterocycles. The lowest BCUT2D eigenvalue weighted by molar-refractivity contribution is 0.918. The molecule has 0 aliphatic heterocycles. The molecule has 2 N–H and O–H groups in total. The summed E-state index contributed by atoms with van der Waals surface area (Å²) >= 11 is 5.04. The SMILES string of the molecule is C=CCNC(=S)N/N=C(/C)CCc1ccccc1. The number of aryl methyl sites for hydroxylation is 1. The summed E-state index contributed by atoms with van der Waals surface area (Å²) in [7, 11) is 0. The van der Waals surface area contributed by atoms with E-state index in [9.17, 15) is 0 Å². The van der Waals surface area contributed by atoms with E-state index in [2.05, 4.69) is 34.6 Å². The Morgan fingerprint density at radius 2 is 2.11 bits per heavy atom. The van der Waals surface area contributed by atoms with Crippen LogP contribution in [0.15, 0.2) is 48.1 Å².